The molecule has 9 rings (SSSR count). The minimum absolute atomic E-state index is 0.647. The summed E-state index contributed by atoms with van der Waals surface area (Å²) in [5.41, 5.74) is 7.44. The first-order valence-corrected chi connectivity index (χ1v) is 16.5. The number of hydrogen-bond donors (Lipinski definition) is 0. The van der Waals surface area contributed by atoms with E-state index < -0.39 is 0 Å². The van der Waals surface area contributed by atoms with Crippen molar-refractivity contribution in [3.05, 3.63) is 164 Å². The van der Waals surface area contributed by atoms with E-state index in [0.29, 0.717) is 17.5 Å². The number of benzene rings is 7. The summed E-state index contributed by atoms with van der Waals surface area (Å²) >= 11 is 1.79. The van der Waals surface area contributed by atoms with E-state index in [0.717, 1.165) is 38.9 Å². The Balaban J connectivity index is 1.30. The normalized spacial score (nSPS) is 11.4. The molecule has 7 aromatic carbocycles. The van der Waals surface area contributed by atoms with Gasteiger partial charge in [-0.05, 0) is 51.2 Å². The third-order valence-electron chi connectivity index (χ3n) is 8.76. The largest absolute Gasteiger partial charge is 0.208 e. The van der Waals surface area contributed by atoms with Crippen LogP contribution < -0.4 is 0 Å². The van der Waals surface area contributed by atoms with E-state index in [2.05, 4.69) is 158 Å². The van der Waals surface area contributed by atoms with Crippen LogP contribution in [0.5, 0.6) is 0 Å². The van der Waals surface area contributed by atoms with Crippen molar-refractivity contribution in [3.8, 4) is 56.4 Å². The predicted octanol–water partition coefficient (Wildman–Crippen LogP) is 11.7. The highest BCUT2D eigenvalue weighted by molar-refractivity contribution is 7.26. The Morgan fingerprint density at radius 1 is 0.340 bits per heavy atom. The number of aromatic nitrogens is 3. The van der Waals surface area contributed by atoms with Crippen molar-refractivity contribution in [2.75, 3.05) is 0 Å². The summed E-state index contributed by atoms with van der Waals surface area (Å²) in [6.07, 6.45) is 0. The maximum atomic E-state index is 5.25. The molecular weight excluding hydrogens is 591 g/mol. The quantitative estimate of drug-likeness (QED) is 0.193. The van der Waals surface area contributed by atoms with Crippen LogP contribution in [0.1, 0.15) is 0 Å². The maximum Gasteiger partial charge on any atom is 0.165 e. The van der Waals surface area contributed by atoms with Crippen LogP contribution in [-0.4, -0.2) is 15.0 Å². The van der Waals surface area contributed by atoms with Crippen molar-refractivity contribution in [2.24, 2.45) is 0 Å². The van der Waals surface area contributed by atoms with Crippen LogP contribution in [0.15, 0.2) is 164 Å². The summed E-state index contributed by atoms with van der Waals surface area (Å²) in [6, 6.07) is 57.4. The zero-order chi connectivity index (χ0) is 31.2. The van der Waals surface area contributed by atoms with Gasteiger partial charge in [0.15, 0.2) is 17.5 Å². The molecule has 0 bridgehead atoms. The second-order valence-corrected chi connectivity index (χ2v) is 12.7. The Kier molecular flexibility index (Phi) is 6.65. The van der Waals surface area contributed by atoms with Gasteiger partial charge in [-0.25, -0.2) is 15.0 Å². The molecule has 0 aliphatic carbocycles. The molecule has 0 aliphatic heterocycles. The zero-order valence-electron chi connectivity index (χ0n) is 25.3. The Morgan fingerprint density at radius 3 is 1.79 bits per heavy atom. The van der Waals surface area contributed by atoms with E-state index in [1.54, 1.807) is 11.3 Å². The first kappa shape index (κ1) is 27.3. The van der Waals surface area contributed by atoms with E-state index in [-0.39, 0.29) is 0 Å². The second kappa shape index (κ2) is 11.4. The summed E-state index contributed by atoms with van der Waals surface area (Å²) in [4.78, 5) is 15.6. The van der Waals surface area contributed by atoms with Gasteiger partial charge in [0.25, 0.3) is 0 Å². The predicted molar refractivity (Wildman–Crippen MR) is 197 cm³/mol. The van der Waals surface area contributed by atoms with Crippen LogP contribution in [0.4, 0.5) is 0 Å². The molecule has 0 saturated carbocycles. The molecule has 220 valence electrons. The van der Waals surface area contributed by atoms with Crippen molar-refractivity contribution in [1.29, 1.82) is 0 Å². The molecule has 0 fully saturated rings. The molecule has 0 radical (unpaired) electrons. The highest BCUT2D eigenvalue weighted by Gasteiger charge is 2.19. The number of rotatable bonds is 5. The molecule has 0 aliphatic rings. The molecule has 2 aromatic heterocycles. The molecule has 0 spiro atoms. The van der Waals surface area contributed by atoms with Crippen molar-refractivity contribution in [3.63, 3.8) is 0 Å². The SMILES string of the molecule is c1ccc(-c2cccc(-c3nc(-c4ccccc4-c4cccc5ccccc45)nc(-c4cccc5c4sc4ccccc45)n3)c2)cc1. The van der Waals surface area contributed by atoms with Gasteiger partial charge in [0.1, 0.15) is 0 Å². The molecule has 0 amide bonds. The van der Waals surface area contributed by atoms with Gasteiger partial charge < -0.3 is 0 Å². The molecule has 47 heavy (non-hydrogen) atoms. The molecule has 0 atom stereocenters. The monoisotopic (exact) mass is 617 g/mol. The number of fused-ring (bicyclic) bond motifs is 4. The average Bonchev–Trinajstić information content (AvgIpc) is 3.54. The number of hydrogen-bond acceptors (Lipinski definition) is 4. The molecule has 4 heteroatoms. The van der Waals surface area contributed by atoms with Gasteiger partial charge in [-0.15, -0.1) is 11.3 Å². The molecule has 3 nitrogen and oxygen atoms in total. The Labute approximate surface area is 276 Å². The van der Waals surface area contributed by atoms with Gasteiger partial charge in [-0.1, -0.05) is 146 Å². The standard InChI is InChI=1S/C43H27N3S/c1-2-13-28(14-3-1)30-17-10-18-31(27-30)41-44-42(37-22-7-6-20-34(37)33-23-11-16-29-15-4-5-19-32(29)33)46-43(45-41)38-25-12-24-36-35-21-8-9-26-39(35)47-40(36)38/h1-27H. The van der Waals surface area contributed by atoms with Gasteiger partial charge in [0.05, 0.1) is 0 Å². The lowest BCUT2D eigenvalue weighted by Crippen LogP contribution is -2.01. The summed E-state index contributed by atoms with van der Waals surface area (Å²) in [6.45, 7) is 0. The Hall–Kier alpha value is -5.97. The van der Waals surface area contributed by atoms with Crippen LogP contribution in [0.3, 0.4) is 0 Å². The molecule has 2 heterocycles. The summed E-state index contributed by atoms with van der Waals surface area (Å²) in [7, 11) is 0. The lowest BCUT2D eigenvalue weighted by molar-refractivity contribution is 1.08. The minimum atomic E-state index is 0.647. The van der Waals surface area contributed by atoms with E-state index in [1.807, 2.05) is 6.07 Å². The van der Waals surface area contributed by atoms with E-state index in [9.17, 15) is 0 Å². The molecule has 0 N–H and O–H groups in total. The fourth-order valence-corrected chi connectivity index (χ4v) is 7.72. The van der Waals surface area contributed by atoms with Crippen molar-refractivity contribution in [2.45, 2.75) is 0 Å². The molecule has 0 unspecified atom stereocenters. The zero-order valence-corrected chi connectivity index (χ0v) is 26.2. The highest BCUT2D eigenvalue weighted by Crippen LogP contribution is 2.41. The first-order valence-electron chi connectivity index (χ1n) is 15.7. The smallest absolute Gasteiger partial charge is 0.165 e. The van der Waals surface area contributed by atoms with Crippen LogP contribution in [0.25, 0.3) is 87.4 Å². The van der Waals surface area contributed by atoms with Gasteiger partial charge in [0, 0.05) is 36.9 Å². The fourth-order valence-electron chi connectivity index (χ4n) is 6.51. The third-order valence-corrected chi connectivity index (χ3v) is 9.98. The molecule has 0 saturated heterocycles. The fraction of sp³-hybridized carbons (Fsp3) is 0. The lowest BCUT2D eigenvalue weighted by atomic mass is 9.94. The van der Waals surface area contributed by atoms with Gasteiger partial charge in [-0.2, -0.15) is 0 Å². The number of thiophene rings is 1. The van der Waals surface area contributed by atoms with Gasteiger partial charge >= 0.3 is 0 Å². The van der Waals surface area contributed by atoms with Crippen LogP contribution in [0.2, 0.25) is 0 Å². The highest BCUT2D eigenvalue weighted by atomic mass is 32.1. The van der Waals surface area contributed by atoms with Gasteiger partial charge in [-0.3, -0.25) is 0 Å². The van der Waals surface area contributed by atoms with E-state index in [4.69, 9.17) is 15.0 Å². The summed E-state index contributed by atoms with van der Waals surface area (Å²) in [5.74, 6) is 1.96. The maximum absolute atomic E-state index is 5.25. The lowest BCUT2D eigenvalue weighted by Gasteiger charge is -2.14. The molecule has 9 aromatic rings. The van der Waals surface area contributed by atoms with Crippen LogP contribution in [-0.2, 0) is 0 Å². The van der Waals surface area contributed by atoms with Crippen molar-refractivity contribution < 1.29 is 0 Å². The van der Waals surface area contributed by atoms with E-state index in [1.165, 1.54) is 30.9 Å². The first-order chi connectivity index (χ1) is 23.3. The van der Waals surface area contributed by atoms with Gasteiger partial charge in [0.2, 0.25) is 0 Å². The van der Waals surface area contributed by atoms with Crippen LogP contribution in [0, 0.1) is 0 Å². The van der Waals surface area contributed by atoms with E-state index >= 15 is 0 Å². The number of nitrogens with zero attached hydrogens (tertiary/aromatic N) is 3. The summed E-state index contributed by atoms with van der Waals surface area (Å²) in [5, 5.41) is 4.86. The van der Waals surface area contributed by atoms with Crippen LogP contribution >= 0.6 is 11.3 Å². The Bertz CT molecular complexity index is 2580. The third kappa shape index (κ3) is 4.87. The van der Waals surface area contributed by atoms with Crippen molar-refractivity contribution in [1.82, 2.24) is 15.0 Å². The van der Waals surface area contributed by atoms with Crippen molar-refractivity contribution >= 4 is 42.3 Å². The summed E-state index contributed by atoms with van der Waals surface area (Å²) < 4.78 is 2.43. The Morgan fingerprint density at radius 2 is 0.894 bits per heavy atom. The minimum Gasteiger partial charge on any atom is -0.208 e. The molecular formula is C43H27N3S. The second-order valence-electron chi connectivity index (χ2n) is 11.6. The average molecular weight is 618 g/mol. The topological polar surface area (TPSA) is 38.7 Å².